The Kier molecular flexibility index (Phi) is 4.84. The van der Waals surface area contributed by atoms with Crippen LogP contribution in [0.5, 0.6) is 0 Å². The summed E-state index contributed by atoms with van der Waals surface area (Å²) in [5, 5.41) is 12.5. The van der Waals surface area contributed by atoms with Crippen molar-refractivity contribution in [2.45, 2.75) is 4.21 Å². The van der Waals surface area contributed by atoms with Gasteiger partial charge in [0.2, 0.25) is 10.0 Å². The lowest BCUT2D eigenvalue weighted by molar-refractivity contribution is 0.102. The number of nitrogens with two attached hydrogens (primary N) is 1. The molecule has 3 rings (SSSR count). The Labute approximate surface area is 149 Å². The molecule has 0 saturated carbocycles. The van der Waals surface area contributed by atoms with Crippen LogP contribution in [0.1, 0.15) is 10.4 Å². The highest BCUT2D eigenvalue weighted by Gasteiger charge is 2.15. The Balaban J connectivity index is 1.67. The van der Waals surface area contributed by atoms with Gasteiger partial charge < -0.3 is 10.6 Å². The molecule has 0 atom stereocenters. The Morgan fingerprint density at radius 2 is 1.52 bits per heavy atom. The van der Waals surface area contributed by atoms with Crippen molar-refractivity contribution in [1.82, 2.24) is 0 Å². The molecule has 25 heavy (non-hydrogen) atoms. The summed E-state index contributed by atoms with van der Waals surface area (Å²) in [5.41, 5.74) is 2.71. The van der Waals surface area contributed by atoms with Crippen molar-refractivity contribution >= 4 is 44.3 Å². The van der Waals surface area contributed by atoms with Gasteiger partial charge in [-0.25, -0.2) is 13.6 Å². The standard InChI is InChI=1S/C17H15N3O3S2/c18-25(22,23)16-10-12(11-24-16)17(21)20-15-8-6-14(7-9-15)19-13-4-2-1-3-5-13/h1-11,19H,(H,20,21)(H2,18,22,23). The Hall–Kier alpha value is -2.68. The van der Waals surface area contributed by atoms with Crippen LogP contribution >= 0.6 is 11.3 Å². The number of primary sulfonamides is 1. The monoisotopic (exact) mass is 373 g/mol. The molecule has 0 spiro atoms. The summed E-state index contributed by atoms with van der Waals surface area (Å²) >= 11 is 0.915. The fourth-order valence-electron chi connectivity index (χ4n) is 2.11. The van der Waals surface area contributed by atoms with Gasteiger partial charge in [0.1, 0.15) is 4.21 Å². The van der Waals surface area contributed by atoms with Crippen LogP contribution in [0.4, 0.5) is 17.1 Å². The second-order valence-corrected chi connectivity index (χ2v) is 7.92. The molecule has 6 nitrogen and oxygen atoms in total. The van der Waals surface area contributed by atoms with Crippen molar-refractivity contribution < 1.29 is 13.2 Å². The van der Waals surface area contributed by atoms with E-state index in [-0.39, 0.29) is 9.77 Å². The fourth-order valence-corrected chi connectivity index (χ4v) is 3.70. The highest BCUT2D eigenvalue weighted by atomic mass is 32.2. The van der Waals surface area contributed by atoms with Gasteiger partial charge in [-0.2, -0.15) is 0 Å². The molecule has 0 bridgehead atoms. The maximum atomic E-state index is 12.2. The summed E-state index contributed by atoms with van der Waals surface area (Å²) in [7, 11) is -3.79. The average molecular weight is 373 g/mol. The molecule has 0 aliphatic rings. The van der Waals surface area contributed by atoms with Gasteiger partial charge in [-0.3, -0.25) is 4.79 Å². The summed E-state index contributed by atoms with van der Waals surface area (Å²) in [6.45, 7) is 0. The summed E-state index contributed by atoms with van der Waals surface area (Å²) in [4.78, 5) is 12.2. The number of amides is 1. The first kappa shape index (κ1) is 17.2. The first-order chi connectivity index (χ1) is 11.9. The molecule has 1 heterocycles. The van der Waals surface area contributed by atoms with E-state index in [2.05, 4.69) is 10.6 Å². The van der Waals surface area contributed by atoms with E-state index in [1.54, 1.807) is 12.1 Å². The zero-order chi connectivity index (χ0) is 17.9. The molecule has 0 fully saturated rings. The summed E-state index contributed by atoms with van der Waals surface area (Å²) in [5.74, 6) is -0.394. The predicted molar refractivity (Wildman–Crippen MR) is 99.8 cm³/mol. The molecule has 1 aromatic heterocycles. The van der Waals surface area contributed by atoms with E-state index in [4.69, 9.17) is 5.14 Å². The Morgan fingerprint density at radius 1 is 0.920 bits per heavy atom. The third-order valence-corrected chi connectivity index (χ3v) is 5.71. The molecule has 1 amide bonds. The molecular formula is C17H15N3O3S2. The van der Waals surface area contributed by atoms with E-state index in [0.717, 1.165) is 22.7 Å². The number of para-hydroxylation sites is 1. The van der Waals surface area contributed by atoms with Crippen molar-refractivity contribution in [2.24, 2.45) is 5.14 Å². The number of benzene rings is 2. The van der Waals surface area contributed by atoms with Crippen molar-refractivity contribution in [2.75, 3.05) is 10.6 Å². The smallest absolute Gasteiger partial charge is 0.256 e. The lowest BCUT2D eigenvalue weighted by atomic mass is 10.2. The molecule has 4 N–H and O–H groups in total. The van der Waals surface area contributed by atoms with E-state index in [0.29, 0.717) is 5.69 Å². The average Bonchev–Trinajstić information content (AvgIpc) is 3.08. The molecular weight excluding hydrogens is 358 g/mol. The van der Waals surface area contributed by atoms with Gasteiger partial charge in [0.15, 0.2) is 0 Å². The zero-order valence-electron chi connectivity index (χ0n) is 13.0. The number of hydrogen-bond donors (Lipinski definition) is 3. The van der Waals surface area contributed by atoms with Crippen LogP contribution in [0.25, 0.3) is 0 Å². The molecule has 0 unspecified atom stereocenters. The van der Waals surface area contributed by atoms with Gasteiger partial charge in [0.05, 0.1) is 5.56 Å². The van der Waals surface area contributed by atoms with E-state index < -0.39 is 15.9 Å². The minimum Gasteiger partial charge on any atom is -0.356 e. The van der Waals surface area contributed by atoms with Gasteiger partial charge >= 0.3 is 0 Å². The molecule has 0 aliphatic carbocycles. The molecule has 0 aliphatic heterocycles. The van der Waals surface area contributed by atoms with Crippen LogP contribution in [0, 0.1) is 0 Å². The van der Waals surface area contributed by atoms with E-state index >= 15 is 0 Å². The van der Waals surface area contributed by atoms with Gasteiger partial charge in [0, 0.05) is 22.4 Å². The second-order valence-electron chi connectivity index (χ2n) is 5.22. The summed E-state index contributed by atoms with van der Waals surface area (Å²) in [6, 6.07) is 18.2. The van der Waals surface area contributed by atoms with Crippen LogP contribution in [-0.2, 0) is 10.0 Å². The van der Waals surface area contributed by atoms with Crippen molar-refractivity contribution in [1.29, 1.82) is 0 Å². The predicted octanol–water partition coefficient (Wildman–Crippen LogP) is 3.39. The van der Waals surface area contributed by atoms with Crippen LogP contribution in [0.2, 0.25) is 0 Å². The molecule has 2 aromatic carbocycles. The lowest BCUT2D eigenvalue weighted by Crippen LogP contribution is -2.12. The maximum Gasteiger partial charge on any atom is 0.256 e. The quantitative estimate of drug-likeness (QED) is 0.638. The Morgan fingerprint density at radius 3 is 2.12 bits per heavy atom. The molecule has 3 aromatic rings. The number of carbonyl (C=O) groups is 1. The van der Waals surface area contributed by atoms with Crippen LogP contribution in [-0.4, -0.2) is 14.3 Å². The van der Waals surface area contributed by atoms with Crippen molar-refractivity contribution in [3.63, 3.8) is 0 Å². The number of rotatable bonds is 5. The highest BCUT2D eigenvalue weighted by Crippen LogP contribution is 2.21. The zero-order valence-corrected chi connectivity index (χ0v) is 14.6. The topological polar surface area (TPSA) is 101 Å². The Bertz CT molecular complexity index is 981. The second kappa shape index (κ2) is 7.06. The van der Waals surface area contributed by atoms with Gasteiger partial charge in [-0.05, 0) is 42.5 Å². The van der Waals surface area contributed by atoms with E-state index in [9.17, 15) is 13.2 Å². The molecule has 8 heteroatoms. The summed E-state index contributed by atoms with van der Waals surface area (Å²) in [6.07, 6.45) is 0. The number of nitrogens with one attached hydrogen (secondary N) is 2. The molecule has 128 valence electrons. The number of hydrogen-bond acceptors (Lipinski definition) is 5. The van der Waals surface area contributed by atoms with E-state index in [1.807, 2.05) is 42.5 Å². The molecule has 0 saturated heterocycles. The van der Waals surface area contributed by atoms with Gasteiger partial charge in [-0.15, -0.1) is 11.3 Å². The van der Waals surface area contributed by atoms with Crippen LogP contribution in [0.15, 0.2) is 70.3 Å². The van der Waals surface area contributed by atoms with Crippen LogP contribution < -0.4 is 15.8 Å². The lowest BCUT2D eigenvalue weighted by Gasteiger charge is -2.08. The van der Waals surface area contributed by atoms with Crippen LogP contribution in [0.3, 0.4) is 0 Å². The molecule has 0 radical (unpaired) electrons. The number of thiophene rings is 1. The van der Waals surface area contributed by atoms with Crippen molar-refractivity contribution in [3.8, 4) is 0 Å². The van der Waals surface area contributed by atoms with Crippen molar-refractivity contribution in [3.05, 3.63) is 71.6 Å². The third kappa shape index (κ3) is 4.44. The van der Waals surface area contributed by atoms with E-state index in [1.165, 1.54) is 11.4 Å². The number of carbonyl (C=O) groups excluding carboxylic acids is 1. The first-order valence-corrected chi connectivity index (χ1v) is 9.69. The largest absolute Gasteiger partial charge is 0.356 e. The minimum absolute atomic E-state index is 0.0416. The minimum atomic E-state index is -3.79. The normalized spacial score (nSPS) is 11.1. The first-order valence-electron chi connectivity index (χ1n) is 7.27. The summed E-state index contributed by atoms with van der Waals surface area (Å²) < 4.78 is 22.5. The number of anilines is 3. The van der Waals surface area contributed by atoms with Gasteiger partial charge in [0.25, 0.3) is 5.91 Å². The van der Waals surface area contributed by atoms with Gasteiger partial charge in [-0.1, -0.05) is 18.2 Å². The number of sulfonamides is 1. The fraction of sp³-hybridized carbons (Fsp3) is 0. The third-order valence-electron chi connectivity index (χ3n) is 3.32. The highest BCUT2D eigenvalue weighted by molar-refractivity contribution is 7.91. The SMILES string of the molecule is NS(=O)(=O)c1cc(C(=O)Nc2ccc(Nc3ccccc3)cc2)cs1. The maximum absolute atomic E-state index is 12.2.